The van der Waals surface area contributed by atoms with Crippen molar-refractivity contribution in [3.05, 3.63) is 41.6 Å². The summed E-state index contributed by atoms with van der Waals surface area (Å²) in [4.78, 5) is 4.61. The second-order valence-corrected chi connectivity index (χ2v) is 5.35. The van der Waals surface area contributed by atoms with Gasteiger partial charge < -0.3 is 4.74 Å². The van der Waals surface area contributed by atoms with E-state index in [1.807, 2.05) is 24.3 Å². The highest BCUT2D eigenvalue weighted by atomic mass is 16.5. The minimum absolute atomic E-state index is 0.103. The Kier molecular flexibility index (Phi) is 3.92. The fourth-order valence-corrected chi connectivity index (χ4v) is 3.08. The molecular formula is C17H18N4O. The van der Waals surface area contributed by atoms with Crippen LogP contribution in [0.2, 0.25) is 0 Å². The molecule has 0 radical (unpaired) electrons. The zero-order valence-electron chi connectivity index (χ0n) is 12.7. The van der Waals surface area contributed by atoms with E-state index in [9.17, 15) is 5.26 Å². The molecule has 2 heterocycles. The first-order valence-electron chi connectivity index (χ1n) is 7.43. The fourth-order valence-electron chi connectivity index (χ4n) is 3.08. The lowest BCUT2D eigenvalue weighted by atomic mass is 9.76. The first-order valence-corrected chi connectivity index (χ1v) is 7.43. The van der Waals surface area contributed by atoms with Gasteiger partial charge in [0.1, 0.15) is 5.75 Å². The maximum Gasteiger partial charge on any atom is 0.151 e. The van der Waals surface area contributed by atoms with Gasteiger partial charge >= 0.3 is 0 Å². The largest absolute Gasteiger partial charge is 0.496 e. The summed E-state index contributed by atoms with van der Waals surface area (Å²) in [6.45, 7) is 2.09. The van der Waals surface area contributed by atoms with Crippen LogP contribution in [0, 0.1) is 17.2 Å². The van der Waals surface area contributed by atoms with Crippen molar-refractivity contribution >= 4 is 11.5 Å². The molecule has 0 aliphatic carbocycles. The number of benzene rings is 1. The number of H-pyrrole nitrogens is 1. The summed E-state index contributed by atoms with van der Waals surface area (Å²) in [6, 6.07) is 10.3. The molecule has 5 nitrogen and oxygen atoms in total. The lowest BCUT2D eigenvalue weighted by molar-refractivity contribution is 0.406. The van der Waals surface area contributed by atoms with Gasteiger partial charge in [0.25, 0.3) is 0 Å². The highest BCUT2D eigenvalue weighted by molar-refractivity contribution is 5.94. The highest BCUT2D eigenvalue weighted by Crippen LogP contribution is 2.44. The first kappa shape index (κ1) is 14.3. The van der Waals surface area contributed by atoms with Gasteiger partial charge in [-0.1, -0.05) is 31.5 Å². The van der Waals surface area contributed by atoms with Gasteiger partial charge in [-0.3, -0.25) is 5.10 Å². The van der Waals surface area contributed by atoms with Gasteiger partial charge in [0.2, 0.25) is 0 Å². The van der Waals surface area contributed by atoms with Crippen LogP contribution in [-0.4, -0.2) is 23.0 Å². The van der Waals surface area contributed by atoms with E-state index in [1.54, 1.807) is 13.3 Å². The number of aliphatic imine (C=N–C) groups is 1. The fraction of sp³-hybridized carbons (Fsp3) is 0.353. The van der Waals surface area contributed by atoms with Crippen molar-refractivity contribution < 1.29 is 4.74 Å². The average Bonchev–Trinajstić information content (AvgIpc) is 3.01. The molecule has 1 aliphatic heterocycles. The molecule has 3 rings (SSSR count). The van der Waals surface area contributed by atoms with Gasteiger partial charge in [-0.2, -0.15) is 10.4 Å². The van der Waals surface area contributed by atoms with Crippen LogP contribution in [0.5, 0.6) is 5.75 Å². The van der Waals surface area contributed by atoms with E-state index in [-0.39, 0.29) is 11.8 Å². The number of hydrogen-bond acceptors (Lipinski definition) is 4. The molecule has 0 spiro atoms. The van der Waals surface area contributed by atoms with E-state index in [4.69, 9.17) is 4.74 Å². The number of nitriles is 1. The second-order valence-electron chi connectivity index (χ2n) is 5.35. The maximum absolute atomic E-state index is 9.74. The van der Waals surface area contributed by atoms with Crippen LogP contribution in [0.4, 0.5) is 5.82 Å². The second kappa shape index (κ2) is 6.02. The minimum atomic E-state index is -0.290. The third kappa shape index (κ3) is 2.27. The number of hydrogen-bond donors (Lipinski definition) is 1. The molecule has 0 amide bonds. The number of fused-ring (bicyclic) bond motifs is 1. The van der Waals surface area contributed by atoms with Gasteiger partial charge in [-0.05, 0) is 12.5 Å². The molecule has 1 aromatic carbocycles. The van der Waals surface area contributed by atoms with E-state index in [1.165, 1.54) is 0 Å². The molecule has 2 aromatic rings. The molecule has 22 heavy (non-hydrogen) atoms. The molecule has 5 heteroatoms. The van der Waals surface area contributed by atoms with E-state index in [0.29, 0.717) is 0 Å². The normalized spacial score (nSPS) is 20.0. The molecule has 2 atom stereocenters. The number of para-hydroxylation sites is 1. The van der Waals surface area contributed by atoms with E-state index >= 15 is 0 Å². The number of rotatable bonds is 4. The Morgan fingerprint density at radius 2 is 2.14 bits per heavy atom. The Labute approximate surface area is 129 Å². The van der Waals surface area contributed by atoms with Crippen LogP contribution < -0.4 is 4.74 Å². The Bertz CT molecular complexity index is 741. The Balaban J connectivity index is 2.17. The number of nitrogens with zero attached hydrogens (tertiary/aromatic N) is 3. The van der Waals surface area contributed by atoms with Crippen LogP contribution >= 0.6 is 0 Å². The van der Waals surface area contributed by atoms with E-state index in [2.05, 4.69) is 28.2 Å². The summed E-state index contributed by atoms with van der Waals surface area (Å²) in [5.41, 5.74) is 2.87. The molecule has 0 saturated carbocycles. The third-order valence-corrected chi connectivity index (χ3v) is 4.05. The molecule has 0 fully saturated rings. The van der Waals surface area contributed by atoms with Crippen molar-refractivity contribution in [3.8, 4) is 11.8 Å². The predicted molar refractivity (Wildman–Crippen MR) is 84.5 cm³/mol. The molecule has 0 saturated heterocycles. The van der Waals surface area contributed by atoms with Crippen LogP contribution in [0.3, 0.4) is 0 Å². The van der Waals surface area contributed by atoms with Crippen LogP contribution in [-0.2, 0) is 0 Å². The van der Waals surface area contributed by atoms with Crippen LogP contribution in [0.25, 0.3) is 0 Å². The average molecular weight is 294 g/mol. The Morgan fingerprint density at radius 3 is 2.86 bits per heavy atom. The molecule has 112 valence electrons. The standard InChI is InChI=1S/C17H18N4O/c1-3-6-14-12(9-18)16(13-10-19-21-17(13)20-14)11-7-4-5-8-15(11)22-2/h4-5,7-8,10,12,16H,3,6H2,1-2H3,(H,19,21). The smallest absolute Gasteiger partial charge is 0.151 e. The molecule has 1 aromatic heterocycles. The van der Waals surface area contributed by atoms with Crippen molar-refractivity contribution in [1.82, 2.24) is 10.2 Å². The van der Waals surface area contributed by atoms with Crippen molar-refractivity contribution in [2.45, 2.75) is 25.7 Å². The summed E-state index contributed by atoms with van der Waals surface area (Å²) in [7, 11) is 1.65. The number of aromatic nitrogens is 2. The molecule has 1 N–H and O–H groups in total. The van der Waals surface area contributed by atoms with E-state index < -0.39 is 0 Å². The van der Waals surface area contributed by atoms with Gasteiger partial charge in [0.05, 0.1) is 25.3 Å². The van der Waals surface area contributed by atoms with Gasteiger partial charge in [-0.25, -0.2) is 4.99 Å². The number of nitrogens with one attached hydrogen (secondary N) is 1. The SMILES string of the molecule is CCCC1=Nc2[nH]ncc2C(c2ccccc2OC)C1C#N. The van der Waals surface area contributed by atoms with Gasteiger partial charge in [0.15, 0.2) is 5.82 Å². The molecule has 2 unspecified atom stereocenters. The number of ether oxygens (including phenoxy) is 1. The quantitative estimate of drug-likeness (QED) is 0.936. The predicted octanol–water partition coefficient (Wildman–Crippen LogP) is 3.58. The summed E-state index contributed by atoms with van der Waals surface area (Å²) in [5, 5.41) is 16.8. The Morgan fingerprint density at radius 1 is 1.32 bits per heavy atom. The molecule has 1 aliphatic rings. The van der Waals surface area contributed by atoms with E-state index in [0.717, 1.165) is 41.2 Å². The van der Waals surface area contributed by atoms with Crippen molar-refractivity contribution in [3.63, 3.8) is 0 Å². The van der Waals surface area contributed by atoms with Gasteiger partial charge in [0, 0.05) is 22.8 Å². The monoisotopic (exact) mass is 294 g/mol. The van der Waals surface area contributed by atoms with Crippen molar-refractivity contribution in [2.75, 3.05) is 7.11 Å². The zero-order chi connectivity index (χ0) is 15.5. The molecule has 0 bridgehead atoms. The van der Waals surface area contributed by atoms with Crippen molar-refractivity contribution in [2.24, 2.45) is 10.9 Å². The Hall–Kier alpha value is -2.61. The number of aromatic amines is 1. The topological polar surface area (TPSA) is 74.1 Å². The first-order chi connectivity index (χ1) is 10.8. The number of methoxy groups -OCH3 is 1. The van der Waals surface area contributed by atoms with Gasteiger partial charge in [-0.15, -0.1) is 0 Å². The maximum atomic E-state index is 9.74. The lowest BCUT2D eigenvalue weighted by Crippen LogP contribution is -2.25. The highest BCUT2D eigenvalue weighted by Gasteiger charge is 2.36. The zero-order valence-corrected chi connectivity index (χ0v) is 12.7. The summed E-state index contributed by atoms with van der Waals surface area (Å²) in [6.07, 6.45) is 3.53. The summed E-state index contributed by atoms with van der Waals surface area (Å²) < 4.78 is 5.50. The minimum Gasteiger partial charge on any atom is -0.496 e. The van der Waals surface area contributed by atoms with Crippen LogP contribution in [0.1, 0.15) is 36.8 Å². The summed E-state index contributed by atoms with van der Waals surface area (Å²) in [5.74, 6) is 1.15. The summed E-state index contributed by atoms with van der Waals surface area (Å²) >= 11 is 0. The van der Waals surface area contributed by atoms with Crippen LogP contribution in [0.15, 0.2) is 35.5 Å². The van der Waals surface area contributed by atoms with Crippen molar-refractivity contribution in [1.29, 1.82) is 5.26 Å². The lowest BCUT2D eigenvalue weighted by Gasteiger charge is -2.28. The third-order valence-electron chi connectivity index (χ3n) is 4.05. The molecular weight excluding hydrogens is 276 g/mol.